The van der Waals surface area contributed by atoms with E-state index in [0.717, 1.165) is 16.0 Å². The zero-order chi connectivity index (χ0) is 10.7. The van der Waals surface area contributed by atoms with E-state index in [1.807, 2.05) is 31.4 Å². The minimum Gasteiger partial charge on any atom is -0.292 e. The van der Waals surface area contributed by atoms with Gasteiger partial charge in [0.25, 0.3) is 0 Å². The van der Waals surface area contributed by atoms with Gasteiger partial charge in [-0.25, -0.2) is 0 Å². The van der Waals surface area contributed by atoms with Gasteiger partial charge in [0, 0.05) is 10.5 Å². The maximum Gasteiger partial charge on any atom is 0.181 e. The minimum atomic E-state index is -0.456. The Bertz CT molecular complexity index is 347. The van der Waals surface area contributed by atoms with Gasteiger partial charge in [-0.2, -0.15) is 0 Å². The van der Waals surface area contributed by atoms with Crippen molar-refractivity contribution in [2.45, 2.75) is 24.1 Å². The van der Waals surface area contributed by atoms with Crippen molar-refractivity contribution in [3.63, 3.8) is 0 Å². The summed E-state index contributed by atoms with van der Waals surface area (Å²) in [4.78, 5) is 12.7. The van der Waals surface area contributed by atoms with Crippen molar-refractivity contribution in [2.75, 3.05) is 6.26 Å². The largest absolute Gasteiger partial charge is 0.292 e. The summed E-state index contributed by atoms with van der Waals surface area (Å²) >= 11 is 7.36. The topological polar surface area (TPSA) is 17.1 Å². The third-order valence-electron chi connectivity index (χ3n) is 1.98. The molecule has 0 aromatic heterocycles. The first-order valence-corrected chi connectivity index (χ1v) is 6.05. The molecule has 76 valence electrons. The monoisotopic (exact) mass is 228 g/mol. The van der Waals surface area contributed by atoms with Crippen LogP contribution in [0.4, 0.5) is 0 Å². The zero-order valence-corrected chi connectivity index (χ0v) is 10.1. The molecular weight excluding hydrogens is 216 g/mol. The maximum atomic E-state index is 11.7. The van der Waals surface area contributed by atoms with Crippen LogP contribution in [0.5, 0.6) is 0 Å². The summed E-state index contributed by atoms with van der Waals surface area (Å²) in [5, 5.41) is -0.456. The summed E-state index contributed by atoms with van der Waals surface area (Å²) < 4.78 is 0. The number of alkyl halides is 1. The van der Waals surface area contributed by atoms with E-state index >= 15 is 0 Å². The van der Waals surface area contributed by atoms with Crippen molar-refractivity contribution in [1.82, 2.24) is 0 Å². The Morgan fingerprint density at radius 3 is 2.64 bits per heavy atom. The first kappa shape index (κ1) is 11.6. The number of halogens is 1. The molecular formula is C11H13ClOS. The lowest BCUT2D eigenvalue weighted by molar-refractivity contribution is 0.0989. The lowest BCUT2D eigenvalue weighted by Gasteiger charge is -2.08. The van der Waals surface area contributed by atoms with Crippen molar-refractivity contribution in [1.29, 1.82) is 0 Å². The molecule has 1 rings (SSSR count). The highest BCUT2D eigenvalue weighted by atomic mass is 35.5. The molecule has 1 nitrogen and oxygen atoms in total. The van der Waals surface area contributed by atoms with Crippen LogP contribution in [-0.4, -0.2) is 17.4 Å². The molecule has 0 spiro atoms. The molecule has 0 radical (unpaired) electrons. The second kappa shape index (κ2) is 4.85. The van der Waals surface area contributed by atoms with E-state index in [1.54, 1.807) is 18.7 Å². The summed E-state index contributed by atoms with van der Waals surface area (Å²) in [5.74, 6) is -0.000262. The molecule has 0 heterocycles. The molecule has 1 aromatic carbocycles. The number of ketones is 1. The maximum absolute atomic E-state index is 11.7. The van der Waals surface area contributed by atoms with Crippen LogP contribution in [0.25, 0.3) is 0 Å². The Morgan fingerprint density at radius 2 is 2.14 bits per heavy atom. The number of rotatable bonds is 3. The molecule has 0 saturated heterocycles. The fraction of sp³-hybridized carbons (Fsp3) is 0.364. The molecule has 0 fully saturated rings. The van der Waals surface area contributed by atoms with E-state index in [-0.39, 0.29) is 5.78 Å². The molecule has 0 amide bonds. The van der Waals surface area contributed by atoms with E-state index in [2.05, 4.69) is 0 Å². The highest BCUT2D eigenvalue weighted by molar-refractivity contribution is 7.98. The lowest BCUT2D eigenvalue weighted by atomic mass is 10.1. The lowest BCUT2D eigenvalue weighted by Crippen LogP contribution is -2.11. The van der Waals surface area contributed by atoms with Crippen molar-refractivity contribution >= 4 is 29.1 Å². The third kappa shape index (κ3) is 2.52. The quantitative estimate of drug-likeness (QED) is 0.447. The van der Waals surface area contributed by atoms with Crippen LogP contribution in [0.1, 0.15) is 22.8 Å². The van der Waals surface area contributed by atoms with Gasteiger partial charge in [-0.05, 0) is 32.2 Å². The molecule has 0 aliphatic heterocycles. The highest BCUT2D eigenvalue weighted by Crippen LogP contribution is 2.23. The normalized spacial score (nSPS) is 12.6. The second-order valence-corrected chi connectivity index (χ2v) is 4.69. The van der Waals surface area contributed by atoms with Gasteiger partial charge in [-0.1, -0.05) is 11.6 Å². The van der Waals surface area contributed by atoms with Gasteiger partial charge >= 0.3 is 0 Å². The first-order valence-electron chi connectivity index (χ1n) is 4.39. The van der Waals surface area contributed by atoms with Gasteiger partial charge in [0.15, 0.2) is 5.78 Å². The average molecular weight is 229 g/mol. The van der Waals surface area contributed by atoms with Crippen LogP contribution in [0, 0.1) is 6.92 Å². The molecule has 0 aliphatic carbocycles. The van der Waals surface area contributed by atoms with Gasteiger partial charge in [-0.3, -0.25) is 4.79 Å². The highest BCUT2D eigenvalue weighted by Gasteiger charge is 2.15. The van der Waals surface area contributed by atoms with Crippen molar-refractivity contribution in [2.24, 2.45) is 0 Å². The average Bonchev–Trinajstić information content (AvgIpc) is 2.16. The number of hydrogen-bond acceptors (Lipinski definition) is 2. The van der Waals surface area contributed by atoms with Gasteiger partial charge in [-0.15, -0.1) is 23.4 Å². The molecule has 0 saturated carbocycles. The third-order valence-corrected chi connectivity index (χ3v) is 2.98. The Morgan fingerprint density at radius 1 is 1.50 bits per heavy atom. The molecule has 3 heteroatoms. The number of Topliss-reactive ketones (excluding diaryl/α,β-unsaturated/α-hetero) is 1. The summed E-state index contributed by atoms with van der Waals surface area (Å²) in [7, 11) is 0. The van der Waals surface area contributed by atoms with Gasteiger partial charge in [0.05, 0.1) is 5.38 Å². The number of carbonyl (C=O) groups excluding carboxylic acids is 1. The molecule has 14 heavy (non-hydrogen) atoms. The van der Waals surface area contributed by atoms with Crippen LogP contribution in [0.15, 0.2) is 23.1 Å². The van der Waals surface area contributed by atoms with Crippen LogP contribution in [0.3, 0.4) is 0 Å². The van der Waals surface area contributed by atoms with Crippen molar-refractivity contribution in [3.05, 3.63) is 29.3 Å². The molecule has 0 bridgehead atoms. The van der Waals surface area contributed by atoms with Gasteiger partial charge in [0.2, 0.25) is 0 Å². The molecule has 1 atom stereocenters. The first-order chi connectivity index (χ1) is 6.56. The number of hydrogen-bond donors (Lipinski definition) is 0. The van der Waals surface area contributed by atoms with Crippen molar-refractivity contribution in [3.8, 4) is 0 Å². The predicted octanol–water partition coefficient (Wildman–Crippen LogP) is 3.53. The summed E-state index contributed by atoms with van der Waals surface area (Å²) in [6.07, 6.45) is 1.96. The zero-order valence-electron chi connectivity index (χ0n) is 8.50. The fourth-order valence-corrected chi connectivity index (χ4v) is 1.93. The number of aryl methyl sites for hydroxylation is 1. The Hall–Kier alpha value is -0.470. The Kier molecular flexibility index (Phi) is 4.02. The van der Waals surface area contributed by atoms with Crippen LogP contribution in [0.2, 0.25) is 0 Å². The standard InChI is InChI=1S/C11H13ClOS/c1-7-4-5-10(14-3)9(6-7)11(13)8(2)12/h4-6,8H,1-3H3. The molecule has 0 N–H and O–H groups in total. The minimum absolute atomic E-state index is 0.000262. The van der Waals surface area contributed by atoms with E-state index in [0.29, 0.717) is 0 Å². The predicted molar refractivity (Wildman–Crippen MR) is 62.6 cm³/mol. The molecule has 1 aromatic rings. The van der Waals surface area contributed by atoms with Crippen LogP contribution < -0.4 is 0 Å². The van der Waals surface area contributed by atoms with Gasteiger partial charge in [0.1, 0.15) is 0 Å². The summed E-state index contributed by atoms with van der Waals surface area (Å²) in [6.45, 7) is 3.68. The van der Waals surface area contributed by atoms with Gasteiger partial charge < -0.3 is 0 Å². The van der Waals surface area contributed by atoms with E-state index < -0.39 is 5.38 Å². The fourth-order valence-electron chi connectivity index (χ4n) is 1.23. The van der Waals surface area contributed by atoms with Crippen LogP contribution in [-0.2, 0) is 0 Å². The number of benzene rings is 1. The number of thioether (sulfide) groups is 1. The number of carbonyl (C=O) groups is 1. The summed E-state index contributed by atoms with van der Waals surface area (Å²) in [5.41, 5.74) is 1.82. The van der Waals surface area contributed by atoms with E-state index in [1.165, 1.54) is 0 Å². The van der Waals surface area contributed by atoms with E-state index in [9.17, 15) is 4.79 Å². The Balaban J connectivity index is 3.17. The van der Waals surface area contributed by atoms with Crippen molar-refractivity contribution < 1.29 is 4.79 Å². The second-order valence-electron chi connectivity index (χ2n) is 3.18. The molecule has 0 aliphatic rings. The SMILES string of the molecule is CSc1ccc(C)cc1C(=O)C(C)Cl. The smallest absolute Gasteiger partial charge is 0.181 e. The summed E-state index contributed by atoms with van der Waals surface area (Å²) in [6, 6.07) is 5.86. The van der Waals surface area contributed by atoms with E-state index in [4.69, 9.17) is 11.6 Å². The van der Waals surface area contributed by atoms with Crippen LogP contribution >= 0.6 is 23.4 Å². The Labute approximate surface area is 93.8 Å². The molecule has 1 unspecified atom stereocenters.